The fourth-order valence-electron chi connectivity index (χ4n) is 17.9. The molecule has 15 aromatic rings. The Balaban J connectivity index is 0.000000196. The Morgan fingerprint density at radius 3 is 0.761 bits per heavy atom. The molecule has 0 aliphatic carbocycles. The van der Waals surface area contributed by atoms with Crippen molar-refractivity contribution in [2.45, 2.75) is 201 Å². The normalized spacial score (nSPS) is 13.2. The van der Waals surface area contributed by atoms with Gasteiger partial charge in [0.05, 0.1) is 73.6 Å². The van der Waals surface area contributed by atoms with Crippen LogP contribution in [0.1, 0.15) is 217 Å². The highest BCUT2D eigenvalue weighted by molar-refractivity contribution is 9.11. The summed E-state index contributed by atoms with van der Waals surface area (Å²) in [5, 5.41) is 5.59. The molecule has 740 valence electrons. The molecular weight excluding hydrogens is 1970 g/mol. The van der Waals surface area contributed by atoms with Crippen LogP contribution in [0.15, 0.2) is 317 Å². The molecule has 3 fully saturated rings. The van der Waals surface area contributed by atoms with E-state index in [4.69, 9.17) is 47.4 Å². The highest BCUT2D eigenvalue weighted by atomic mass is 79.9. The number of thiophene rings is 4. The van der Waals surface area contributed by atoms with E-state index in [1.807, 2.05) is 30.3 Å². The van der Waals surface area contributed by atoms with Crippen LogP contribution in [0.3, 0.4) is 0 Å². The van der Waals surface area contributed by atoms with E-state index in [0.717, 1.165) is 175 Å². The summed E-state index contributed by atoms with van der Waals surface area (Å²) < 4.78 is 63.8. The lowest BCUT2D eigenvalue weighted by molar-refractivity contribution is -0.0443. The molecule has 4 aromatic heterocycles. The molecule has 19 heteroatoms. The maximum Gasteiger partial charge on any atom is 0.184 e. The molecule has 0 atom stereocenters. The minimum absolute atomic E-state index is 0.218. The molecule has 0 unspecified atom stereocenters. The second-order valence-electron chi connectivity index (χ2n) is 36.2. The molecule has 3 aliphatic rings. The van der Waals surface area contributed by atoms with Crippen molar-refractivity contribution >= 4 is 121 Å². The summed E-state index contributed by atoms with van der Waals surface area (Å²) in [6.45, 7) is 15.6. The Hall–Kier alpha value is -10.5. The van der Waals surface area contributed by atoms with E-state index in [1.165, 1.54) is 159 Å². The standard InChI is InChI=1S/C72H76N2O6S2.C30H40Br2O2S2.C21H19NO2/c1-3-5-7-9-11-19-45-75-65-51-64(68-42-44-70(82-68)74(62-39-31-58(32-40-62)72-79-49-50-80-72)60-35-27-56(28-36-60)54-23-17-14-18-24-54)66(76-46-20-12-10-8-6-4-2)52-63(65)67-41-43-69(81-67)73(61-37-29-57(30-38-61)71-77-47-48-78-71)59-33-25-55(26-34-59)53-21-15-13-16-22-53;1-3-5-7-9-11-13-19-33-25-21-24(28-16-18-30(32)36-28)26(34-20-14-12-10-8-6-4-2)22-23(25)27-15-17-29(31)35-27;1-2-4-16(5-3-1)17-6-10-19(11-7-17)22-20-12-8-18(9-13-20)21-23-14-15-24-21/h13-18,21-44,51-52,71-72H,3-12,19-20,45-50H2,1-2H3;15-18,21-22H,3-14,19-20H2,1-2H3;1-13,21-22H,14-15H2. The van der Waals surface area contributed by atoms with Gasteiger partial charge < -0.3 is 62.5 Å². The Morgan fingerprint density at radius 1 is 0.254 bits per heavy atom. The van der Waals surface area contributed by atoms with Gasteiger partial charge in [0.1, 0.15) is 33.0 Å². The molecule has 0 amide bonds. The van der Waals surface area contributed by atoms with Gasteiger partial charge in [0.2, 0.25) is 0 Å². The van der Waals surface area contributed by atoms with Crippen LogP contribution < -0.4 is 34.1 Å². The zero-order chi connectivity index (χ0) is 97.5. The van der Waals surface area contributed by atoms with Crippen molar-refractivity contribution in [2.24, 2.45) is 0 Å². The first-order valence-electron chi connectivity index (χ1n) is 51.5. The highest BCUT2D eigenvalue weighted by Gasteiger charge is 2.28. The lowest BCUT2D eigenvalue weighted by atomic mass is 10.0. The van der Waals surface area contributed by atoms with Gasteiger partial charge >= 0.3 is 0 Å². The third kappa shape index (κ3) is 30.1. The molecule has 18 rings (SSSR count). The fraction of sp³-hybridized carbons (Fsp3) is 0.333. The third-order valence-electron chi connectivity index (χ3n) is 25.7. The summed E-state index contributed by atoms with van der Waals surface area (Å²) in [5.41, 5.74) is 20.9. The topological polar surface area (TPSA) is 111 Å². The van der Waals surface area contributed by atoms with Crippen molar-refractivity contribution in [1.29, 1.82) is 0 Å². The van der Waals surface area contributed by atoms with Gasteiger partial charge in [-0.05, 0) is 237 Å². The smallest absolute Gasteiger partial charge is 0.184 e. The predicted molar refractivity (Wildman–Crippen MR) is 603 cm³/mol. The van der Waals surface area contributed by atoms with Gasteiger partial charge in [-0.3, -0.25) is 0 Å². The van der Waals surface area contributed by atoms with Crippen molar-refractivity contribution < 1.29 is 47.4 Å². The number of nitrogens with one attached hydrogen (secondary N) is 1. The third-order valence-corrected chi connectivity index (χ3v) is 31.2. The number of benzene rings is 11. The van der Waals surface area contributed by atoms with E-state index in [-0.39, 0.29) is 18.9 Å². The van der Waals surface area contributed by atoms with E-state index >= 15 is 0 Å². The molecule has 0 saturated carbocycles. The zero-order valence-corrected chi connectivity index (χ0v) is 89.0. The van der Waals surface area contributed by atoms with Crippen LogP contribution in [0.25, 0.3) is 75.1 Å². The Morgan fingerprint density at radius 2 is 0.486 bits per heavy atom. The minimum Gasteiger partial charge on any atom is -0.493 e. The second-order valence-corrected chi connectivity index (χ2v) is 43.3. The monoisotopic (exact) mass is 2100 g/mol. The van der Waals surface area contributed by atoms with Crippen molar-refractivity contribution in [3.8, 4) is 98.1 Å². The van der Waals surface area contributed by atoms with Crippen molar-refractivity contribution in [3.05, 3.63) is 334 Å². The molecule has 0 bridgehead atoms. The minimum atomic E-state index is -0.348. The van der Waals surface area contributed by atoms with Gasteiger partial charge in [0.15, 0.2) is 18.9 Å². The van der Waals surface area contributed by atoms with E-state index in [0.29, 0.717) is 52.9 Å². The lowest BCUT2D eigenvalue weighted by Crippen LogP contribution is -2.09. The van der Waals surface area contributed by atoms with Gasteiger partial charge in [-0.1, -0.05) is 320 Å². The Bertz CT molecular complexity index is 5890. The molecule has 1 N–H and O–H groups in total. The number of halogens is 2. The Labute approximate surface area is 875 Å². The van der Waals surface area contributed by atoms with Crippen LogP contribution in [0.4, 0.5) is 44.1 Å². The average Bonchev–Trinajstić information content (AvgIpc) is 1.58. The van der Waals surface area contributed by atoms with Gasteiger partial charge in [-0.15, -0.1) is 45.3 Å². The van der Waals surface area contributed by atoms with E-state index in [9.17, 15) is 0 Å². The summed E-state index contributed by atoms with van der Waals surface area (Å²) in [4.78, 5) is 9.30. The molecule has 0 radical (unpaired) electrons. The van der Waals surface area contributed by atoms with Gasteiger partial charge in [0.25, 0.3) is 0 Å². The largest absolute Gasteiger partial charge is 0.493 e. The lowest BCUT2D eigenvalue weighted by Gasteiger charge is -2.24. The van der Waals surface area contributed by atoms with Gasteiger partial charge in [-0.25, -0.2) is 0 Å². The highest BCUT2D eigenvalue weighted by Crippen LogP contribution is 2.52. The van der Waals surface area contributed by atoms with E-state index < -0.39 is 0 Å². The molecule has 13 nitrogen and oxygen atoms in total. The number of rotatable bonds is 50. The van der Waals surface area contributed by atoms with Crippen LogP contribution in [-0.2, 0) is 28.4 Å². The first kappa shape index (κ1) is 104. The molecule has 11 aromatic carbocycles. The van der Waals surface area contributed by atoms with Crippen molar-refractivity contribution in [2.75, 3.05) is 81.2 Å². The molecular formula is C123H135Br2N3O10S4. The van der Waals surface area contributed by atoms with Crippen LogP contribution in [-0.4, -0.2) is 66.1 Å². The number of nitrogens with zero attached hydrogens (tertiary/aromatic N) is 2. The second kappa shape index (κ2) is 56.1. The first-order chi connectivity index (χ1) is 70.1. The SMILES string of the molecule is CCCCCCCCOc1cc(-c2ccc(Br)s2)c(OCCCCCCCC)cc1-c1ccc(Br)s1.CCCCCCCCOc1cc(-c2ccc(N(c3ccc(-c4ccccc4)cc3)c3ccc(C4OCCO4)cc3)s2)c(OCCCCCCCC)cc1-c1ccc(N(c2ccc(-c3ccccc3)cc2)c2ccc(C3OCCO3)cc2)s1.c1ccc(-c2ccc(Nc3ccc(C4OCCO4)cc3)cc2)cc1. The molecule has 7 heterocycles. The maximum absolute atomic E-state index is 7.03. The number of ether oxygens (including phenoxy) is 10. The molecule has 142 heavy (non-hydrogen) atoms. The van der Waals surface area contributed by atoms with Crippen molar-refractivity contribution in [3.63, 3.8) is 0 Å². The number of unbranched alkanes of at least 4 members (excludes halogenated alkanes) is 20. The summed E-state index contributed by atoms with van der Waals surface area (Å²) in [6, 6.07) is 110. The van der Waals surface area contributed by atoms with Crippen LogP contribution in [0.2, 0.25) is 0 Å². The van der Waals surface area contributed by atoms with E-state index in [2.05, 4.69) is 354 Å². The fourth-order valence-corrected chi connectivity index (χ4v) is 22.8. The predicted octanol–water partition coefficient (Wildman–Crippen LogP) is 38.3. The maximum atomic E-state index is 7.03. The van der Waals surface area contributed by atoms with Crippen molar-refractivity contribution in [1.82, 2.24) is 0 Å². The van der Waals surface area contributed by atoms with Crippen LogP contribution in [0, 0.1) is 0 Å². The van der Waals surface area contributed by atoms with Crippen LogP contribution >= 0.6 is 77.2 Å². The summed E-state index contributed by atoms with van der Waals surface area (Å²) >= 11 is 14.3. The van der Waals surface area contributed by atoms with E-state index in [1.54, 1.807) is 45.3 Å². The van der Waals surface area contributed by atoms with Gasteiger partial charge in [-0.2, -0.15) is 0 Å². The first-order valence-corrected chi connectivity index (χ1v) is 56.4. The number of hydrogen-bond acceptors (Lipinski definition) is 17. The molecule has 3 saturated heterocycles. The summed E-state index contributed by atoms with van der Waals surface area (Å²) in [6.07, 6.45) is 28.4. The Kier molecular flexibility index (Phi) is 41.3. The molecule has 3 aliphatic heterocycles. The molecule has 0 spiro atoms. The zero-order valence-electron chi connectivity index (χ0n) is 82.6. The number of anilines is 8. The van der Waals surface area contributed by atoms with Gasteiger partial charge in [0, 0.05) is 92.6 Å². The average molecular weight is 2100 g/mol. The number of hydrogen-bond donors (Lipinski definition) is 1. The summed E-state index contributed by atoms with van der Waals surface area (Å²) in [5.74, 6) is 3.62. The summed E-state index contributed by atoms with van der Waals surface area (Å²) in [7, 11) is 0. The van der Waals surface area contributed by atoms with Crippen LogP contribution in [0.5, 0.6) is 23.0 Å². The quantitative estimate of drug-likeness (QED) is 0.0366.